The molecule has 14 heavy (non-hydrogen) atoms. The lowest BCUT2D eigenvalue weighted by molar-refractivity contribution is 1.27. The molecule has 2 aromatic heterocycles. The zero-order valence-corrected chi connectivity index (χ0v) is 8.07. The summed E-state index contributed by atoms with van der Waals surface area (Å²) >= 11 is 0. The Morgan fingerprint density at radius 1 is 1.00 bits per heavy atom. The number of aromatic nitrogens is 1. The number of fused-ring (bicyclic) bond motifs is 3. The Hall–Kier alpha value is -1.76. The van der Waals surface area contributed by atoms with Gasteiger partial charge in [0.15, 0.2) is 0 Å². The van der Waals surface area contributed by atoms with Crippen molar-refractivity contribution in [1.82, 2.24) is 4.40 Å². The van der Waals surface area contributed by atoms with E-state index in [0.29, 0.717) is 0 Å². The third-order valence-corrected chi connectivity index (χ3v) is 2.66. The zero-order chi connectivity index (χ0) is 9.54. The Morgan fingerprint density at radius 3 is 2.79 bits per heavy atom. The van der Waals surface area contributed by atoms with Gasteiger partial charge in [-0.15, -0.1) is 0 Å². The van der Waals surface area contributed by atoms with Crippen molar-refractivity contribution < 1.29 is 0 Å². The first-order valence-electron chi connectivity index (χ1n) is 4.81. The van der Waals surface area contributed by atoms with Crippen molar-refractivity contribution >= 4 is 16.4 Å². The van der Waals surface area contributed by atoms with E-state index in [9.17, 15) is 0 Å². The molecule has 0 spiro atoms. The number of pyridine rings is 1. The quantitative estimate of drug-likeness (QED) is 0.500. The number of nitrogens with zero attached hydrogens (tertiary/aromatic N) is 1. The predicted octanol–water partition coefficient (Wildman–Crippen LogP) is 3.40. The lowest BCUT2D eigenvalue weighted by Gasteiger charge is -2.03. The number of hydrogen-bond donors (Lipinski definition) is 0. The fraction of sp³-hybridized carbons (Fsp3) is 0.0769. The van der Waals surface area contributed by atoms with Crippen molar-refractivity contribution in [3.05, 3.63) is 54.2 Å². The first-order valence-corrected chi connectivity index (χ1v) is 4.81. The van der Waals surface area contributed by atoms with Crippen LogP contribution in [0.15, 0.2) is 48.7 Å². The molecule has 68 valence electrons. The SMILES string of the molecule is Cc1ccc2ccc3cccn3c2c1. The van der Waals surface area contributed by atoms with Crippen LogP contribution in [0.1, 0.15) is 5.56 Å². The van der Waals surface area contributed by atoms with E-state index in [1.54, 1.807) is 0 Å². The summed E-state index contributed by atoms with van der Waals surface area (Å²) < 4.78 is 2.22. The average molecular weight is 181 g/mol. The van der Waals surface area contributed by atoms with Gasteiger partial charge < -0.3 is 4.40 Å². The minimum Gasteiger partial charge on any atom is -0.317 e. The molecule has 0 aliphatic carbocycles. The van der Waals surface area contributed by atoms with Crippen LogP contribution in [0.3, 0.4) is 0 Å². The second kappa shape index (κ2) is 2.61. The topological polar surface area (TPSA) is 4.41 Å². The maximum absolute atomic E-state index is 2.22. The van der Waals surface area contributed by atoms with E-state index in [2.05, 4.69) is 60.0 Å². The van der Waals surface area contributed by atoms with Gasteiger partial charge in [-0.05, 0) is 42.1 Å². The molecular formula is C13H11N. The Kier molecular flexibility index (Phi) is 1.42. The maximum Gasteiger partial charge on any atom is 0.0530 e. The predicted molar refractivity (Wildman–Crippen MR) is 59.6 cm³/mol. The average Bonchev–Trinajstić information content (AvgIpc) is 2.65. The molecule has 1 nitrogen and oxygen atoms in total. The Labute approximate surface area is 82.6 Å². The first kappa shape index (κ1) is 7.63. The standard InChI is InChI=1S/C13H11N/c1-10-4-5-11-6-7-12-3-2-8-14(12)13(11)9-10/h2-9H,1H3. The Morgan fingerprint density at radius 2 is 1.86 bits per heavy atom. The third kappa shape index (κ3) is 0.956. The van der Waals surface area contributed by atoms with Gasteiger partial charge in [0.25, 0.3) is 0 Å². The molecule has 0 N–H and O–H groups in total. The molecule has 0 fully saturated rings. The molecule has 0 saturated heterocycles. The van der Waals surface area contributed by atoms with Gasteiger partial charge in [0.05, 0.1) is 5.52 Å². The van der Waals surface area contributed by atoms with Gasteiger partial charge in [-0.3, -0.25) is 0 Å². The van der Waals surface area contributed by atoms with Gasteiger partial charge in [-0.25, -0.2) is 0 Å². The van der Waals surface area contributed by atoms with Gasteiger partial charge in [0.2, 0.25) is 0 Å². The Balaban J connectivity index is 2.60. The fourth-order valence-electron chi connectivity index (χ4n) is 1.93. The van der Waals surface area contributed by atoms with E-state index < -0.39 is 0 Å². The first-order chi connectivity index (χ1) is 6.84. The maximum atomic E-state index is 2.22. The summed E-state index contributed by atoms with van der Waals surface area (Å²) in [6.45, 7) is 2.13. The van der Waals surface area contributed by atoms with Crippen molar-refractivity contribution in [2.24, 2.45) is 0 Å². The van der Waals surface area contributed by atoms with E-state index in [4.69, 9.17) is 0 Å². The summed E-state index contributed by atoms with van der Waals surface area (Å²) in [6, 6.07) is 15.1. The summed E-state index contributed by atoms with van der Waals surface area (Å²) in [4.78, 5) is 0. The van der Waals surface area contributed by atoms with Crippen LogP contribution in [0.25, 0.3) is 16.4 Å². The molecule has 0 atom stereocenters. The van der Waals surface area contributed by atoms with E-state index in [0.717, 1.165) is 0 Å². The van der Waals surface area contributed by atoms with E-state index >= 15 is 0 Å². The van der Waals surface area contributed by atoms with Crippen molar-refractivity contribution in [3.63, 3.8) is 0 Å². The molecule has 0 bridgehead atoms. The minimum absolute atomic E-state index is 1.25. The highest BCUT2D eigenvalue weighted by molar-refractivity contribution is 5.83. The van der Waals surface area contributed by atoms with Gasteiger partial charge in [-0.2, -0.15) is 0 Å². The summed E-state index contributed by atoms with van der Waals surface area (Å²) in [7, 11) is 0. The van der Waals surface area contributed by atoms with Crippen LogP contribution in [0.4, 0.5) is 0 Å². The van der Waals surface area contributed by atoms with Crippen LogP contribution in [0, 0.1) is 6.92 Å². The highest BCUT2D eigenvalue weighted by Crippen LogP contribution is 2.18. The normalized spacial score (nSPS) is 11.2. The molecule has 0 amide bonds. The number of rotatable bonds is 0. The smallest absolute Gasteiger partial charge is 0.0530 e. The second-order valence-corrected chi connectivity index (χ2v) is 3.70. The van der Waals surface area contributed by atoms with Crippen LogP contribution in [0.5, 0.6) is 0 Å². The molecule has 1 heteroatoms. The number of aryl methyl sites for hydroxylation is 1. The van der Waals surface area contributed by atoms with Crippen LogP contribution in [-0.4, -0.2) is 4.40 Å². The molecule has 2 heterocycles. The van der Waals surface area contributed by atoms with Crippen molar-refractivity contribution in [1.29, 1.82) is 0 Å². The second-order valence-electron chi connectivity index (χ2n) is 3.70. The van der Waals surface area contributed by atoms with Gasteiger partial charge in [0.1, 0.15) is 0 Å². The van der Waals surface area contributed by atoms with E-state index in [-0.39, 0.29) is 0 Å². The van der Waals surface area contributed by atoms with Gasteiger partial charge in [-0.1, -0.05) is 18.2 Å². The summed E-state index contributed by atoms with van der Waals surface area (Å²) in [5, 5.41) is 1.29. The van der Waals surface area contributed by atoms with Gasteiger partial charge >= 0.3 is 0 Å². The number of benzene rings is 1. The monoisotopic (exact) mass is 181 g/mol. The molecule has 0 aliphatic heterocycles. The molecule has 0 saturated carbocycles. The molecular weight excluding hydrogens is 170 g/mol. The van der Waals surface area contributed by atoms with Crippen molar-refractivity contribution in [3.8, 4) is 0 Å². The molecule has 0 radical (unpaired) electrons. The fourth-order valence-corrected chi connectivity index (χ4v) is 1.93. The minimum atomic E-state index is 1.25. The lowest BCUT2D eigenvalue weighted by atomic mass is 10.1. The van der Waals surface area contributed by atoms with E-state index in [1.807, 2.05) is 0 Å². The van der Waals surface area contributed by atoms with Crippen LogP contribution < -0.4 is 0 Å². The third-order valence-electron chi connectivity index (χ3n) is 2.66. The van der Waals surface area contributed by atoms with Crippen LogP contribution in [-0.2, 0) is 0 Å². The van der Waals surface area contributed by atoms with Gasteiger partial charge in [0, 0.05) is 11.7 Å². The molecule has 1 aromatic carbocycles. The van der Waals surface area contributed by atoms with E-state index in [1.165, 1.54) is 22.0 Å². The van der Waals surface area contributed by atoms with Crippen molar-refractivity contribution in [2.75, 3.05) is 0 Å². The number of hydrogen-bond acceptors (Lipinski definition) is 0. The summed E-state index contributed by atoms with van der Waals surface area (Å²) in [5.41, 5.74) is 3.84. The summed E-state index contributed by atoms with van der Waals surface area (Å²) in [5.74, 6) is 0. The highest BCUT2D eigenvalue weighted by Gasteiger charge is 1.98. The van der Waals surface area contributed by atoms with Crippen LogP contribution in [0.2, 0.25) is 0 Å². The summed E-state index contributed by atoms with van der Waals surface area (Å²) in [6.07, 6.45) is 2.11. The zero-order valence-electron chi connectivity index (χ0n) is 8.07. The highest BCUT2D eigenvalue weighted by atomic mass is 14.9. The Bertz CT molecular complexity index is 605. The van der Waals surface area contributed by atoms with Crippen molar-refractivity contribution in [2.45, 2.75) is 6.92 Å². The molecule has 3 rings (SSSR count). The van der Waals surface area contributed by atoms with Crippen LogP contribution >= 0.6 is 0 Å². The molecule has 0 aliphatic rings. The molecule has 3 aromatic rings. The lowest BCUT2D eigenvalue weighted by Crippen LogP contribution is -1.86. The largest absolute Gasteiger partial charge is 0.317 e. The molecule has 0 unspecified atom stereocenters.